The lowest BCUT2D eigenvalue weighted by atomic mass is 10.0. The molecule has 0 N–H and O–H groups in total. The fourth-order valence-corrected chi connectivity index (χ4v) is 10.0. The molecule has 0 saturated carbocycles. The van der Waals surface area contributed by atoms with E-state index in [-0.39, 0.29) is 31.1 Å². The van der Waals surface area contributed by atoms with Crippen LogP contribution in [0.2, 0.25) is 0 Å². The Morgan fingerprint density at radius 2 is 0.582 bits per heavy atom. The van der Waals surface area contributed by atoms with Gasteiger partial charge in [-0.05, 0) is 57.8 Å². The van der Waals surface area contributed by atoms with Crippen molar-refractivity contribution in [1.82, 2.24) is 0 Å². The minimum absolute atomic E-state index is 0.0969. The van der Waals surface area contributed by atoms with E-state index in [0.29, 0.717) is 68.1 Å². The lowest BCUT2D eigenvalue weighted by molar-refractivity contribution is -0.167. The van der Waals surface area contributed by atoms with Gasteiger partial charge in [-0.15, -0.1) is 0 Å². The summed E-state index contributed by atoms with van der Waals surface area (Å²) >= 11 is 0. The Kier molecular flexibility index (Phi) is 32.0. The van der Waals surface area contributed by atoms with Gasteiger partial charge in [-0.1, -0.05) is 194 Å². The van der Waals surface area contributed by atoms with Gasteiger partial charge in [-0.2, -0.15) is 0 Å². The molecule has 0 aromatic rings. The number of ether oxygens (including phenoxy) is 7. The molecule has 10 nitrogen and oxygen atoms in total. The van der Waals surface area contributed by atoms with E-state index < -0.39 is 6.10 Å². The number of carbonyl (C=O) groups excluding carboxylic acids is 3. The van der Waals surface area contributed by atoms with Gasteiger partial charge in [0.25, 0.3) is 0 Å². The lowest BCUT2D eigenvalue weighted by Gasteiger charge is -2.18. The van der Waals surface area contributed by atoms with Crippen molar-refractivity contribution in [3.05, 3.63) is 0 Å². The molecular formula is C57H102O10. The Morgan fingerprint density at radius 1 is 0.328 bits per heavy atom. The molecule has 10 heteroatoms. The number of unbranched alkanes of at least 4 members (excludes halogenated alkanes) is 24. The summed E-state index contributed by atoms with van der Waals surface area (Å²) in [5, 5.41) is 0. The van der Waals surface area contributed by atoms with E-state index in [9.17, 15) is 14.4 Å². The third-order valence-corrected chi connectivity index (χ3v) is 14.8. The van der Waals surface area contributed by atoms with Crippen molar-refractivity contribution in [3.63, 3.8) is 0 Å². The average Bonchev–Trinajstić information content (AvgIpc) is 4.15. The molecular weight excluding hydrogens is 845 g/mol. The highest BCUT2D eigenvalue weighted by molar-refractivity contribution is 5.71. The van der Waals surface area contributed by atoms with Crippen LogP contribution in [0.15, 0.2) is 0 Å². The Hall–Kier alpha value is -1.75. The standard InChI is InChI=1S/C57H102O10/c1-4-7-10-12-17-26-35-47-49(64-47)37-28-19-14-22-31-40-55(58)61-44-46(45-62-56(59)41-32-23-15-20-29-38-50-48(65-50)36-27-18-13-11-8-5-2)63-57(60)42-33-24-16-21-30-39-52-54(67-52)43-53-51(66-53)34-25-9-6-3/h46-54H,4-45H2,1-3H3. The zero-order valence-corrected chi connectivity index (χ0v) is 43.5. The van der Waals surface area contributed by atoms with Crippen LogP contribution in [0.25, 0.3) is 0 Å². The van der Waals surface area contributed by atoms with Crippen LogP contribution in [0.1, 0.15) is 278 Å². The highest BCUT2D eigenvalue weighted by Gasteiger charge is 2.47. The molecule has 0 spiro atoms. The quantitative estimate of drug-likeness (QED) is 0.0251. The summed E-state index contributed by atoms with van der Waals surface area (Å²) in [4.78, 5) is 38.3. The van der Waals surface area contributed by atoms with Crippen molar-refractivity contribution in [1.29, 1.82) is 0 Å². The SMILES string of the molecule is CCCCCCCCC1OC1CCCCCCCC(=O)OCC(COC(=O)CCCCCCCC1OC1CCCCCCCC)OC(=O)CCCCCCCC1OC1CC1OC1CCCCC. The first kappa shape index (κ1) is 57.8. The summed E-state index contributed by atoms with van der Waals surface area (Å²) in [6.07, 6.45) is 47.0. The maximum absolute atomic E-state index is 12.9. The summed E-state index contributed by atoms with van der Waals surface area (Å²) in [6.45, 7) is 6.57. The topological polar surface area (TPSA) is 129 Å². The first-order chi connectivity index (χ1) is 32.9. The molecule has 4 saturated heterocycles. The Balaban J connectivity index is 1.01. The van der Waals surface area contributed by atoms with Crippen LogP contribution >= 0.6 is 0 Å². The van der Waals surface area contributed by atoms with Crippen molar-refractivity contribution in [2.24, 2.45) is 0 Å². The summed E-state index contributed by atoms with van der Waals surface area (Å²) in [5.41, 5.74) is 0. The summed E-state index contributed by atoms with van der Waals surface area (Å²) < 4.78 is 40.5. The van der Waals surface area contributed by atoms with Crippen LogP contribution in [-0.2, 0) is 47.5 Å². The molecule has 0 aromatic heterocycles. The highest BCUT2D eigenvalue weighted by Crippen LogP contribution is 2.39. The molecule has 4 aliphatic rings. The second-order valence-corrected chi connectivity index (χ2v) is 21.1. The third kappa shape index (κ3) is 29.9. The van der Waals surface area contributed by atoms with Gasteiger partial charge in [-0.3, -0.25) is 14.4 Å². The van der Waals surface area contributed by atoms with E-state index in [0.717, 1.165) is 109 Å². The van der Waals surface area contributed by atoms with E-state index in [1.54, 1.807) is 0 Å². The number of rotatable bonds is 49. The Bertz CT molecular complexity index is 1200. The fourth-order valence-electron chi connectivity index (χ4n) is 10.0. The van der Waals surface area contributed by atoms with Gasteiger partial charge in [0.1, 0.15) is 13.2 Å². The summed E-state index contributed by atoms with van der Waals surface area (Å²) in [7, 11) is 0. The normalized spacial score (nSPS) is 24.0. The van der Waals surface area contributed by atoms with Crippen LogP contribution in [-0.4, -0.2) is 86.1 Å². The monoisotopic (exact) mass is 947 g/mol. The highest BCUT2D eigenvalue weighted by atomic mass is 16.6. The maximum atomic E-state index is 12.9. The van der Waals surface area contributed by atoms with E-state index in [1.165, 1.54) is 128 Å². The Morgan fingerprint density at radius 3 is 0.940 bits per heavy atom. The molecule has 4 heterocycles. The van der Waals surface area contributed by atoms with Crippen LogP contribution in [0, 0.1) is 0 Å². The van der Waals surface area contributed by atoms with Gasteiger partial charge in [0.05, 0.1) is 48.8 Å². The lowest BCUT2D eigenvalue weighted by Crippen LogP contribution is -2.30. The number of carbonyl (C=O) groups is 3. The second-order valence-electron chi connectivity index (χ2n) is 21.1. The number of esters is 3. The first-order valence-electron chi connectivity index (χ1n) is 29.0. The van der Waals surface area contributed by atoms with Gasteiger partial charge in [0, 0.05) is 25.7 Å². The number of epoxide rings is 4. The van der Waals surface area contributed by atoms with Crippen molar-refractivity contribution < 1.29 is 47.5 Å². The van der Waals surface area contributed by atoms with Gasteiger partial charge >= 0.3 is 17.9 Å². The second kappa shape index (κ2) is 37.1. The summed E-state index contributed by atoms with van der Waals surface area (Å²) in [5.74, 6) is -0.932. The molecule has 4 fully saturated rings. The molecule has 4 aliphatic heterocycles. The minimum Gasteiger partial charge on any atom is -0.462 e. The minimum atomic E-state index is -0.802. The fraction of sp³-hybridized carbons (Fsp3) is 0.947. The van der Waals surface area contributed by atoms with Crippen LogP contribution < -0.4 is 0 Å². The molecule has 390 valence electrons. The molecule has 8 unspecified atom stereocenters. The van der Waals surface area contributed by atoms with Crippen molar-refractivity contribution >= 4 is 17.9 Å². The Labute approximate surface area is 409 Å². The predicted octanol–water partition coefficient (Wildman–Crippen LogP) is 14.7. The summed E-state index contributed by atoms with van der Waals surface area (Å²) in [6, 6.07) is 0. The van der Waals surface area contributed by atoms with Gasteiger partial charge in [0.15, 0.2) is 6.10 Å². The average molecular weight is 947 g/mol. The van der Waals surface area contributed by atoms with Crippen LogP contribution in [0.5, 0.6) is 0 Å². The third-order valence-electron chi connectivity index (χ3n) is 14.8. The molecule has 0 bridgehead atoms. The number of hydrogen-bond acceptors (Lipinski definition) is 10. The van der Waals surface area contributed by atoms with E-state index in [4.69, 9.17) is 33.2 Å². The largest absolute Gasteiger partial charge is 0.462 e. The smallest absolute Gasteiger partial charge is 0.306 e. The van der Waals surface area contributed by atoms with Gasteiger partial charge in [-0.25, -0.2) is 0 Å². The molecule has 8 atom stereocenters. The predicted molar refractivity (Wildman–Crippen MR) is 268 cm³/mol. The van der Waals surface area contributed by atoms with Gasteiger partial charge in [0.2, 0.25) is 0 Å². The molecule has 67 heavy (non-hydrogen) atoms. The zero-order chi connectivity index (χ0) is 47.6. The van der Waals surface area contributed by atoms with E-state index in [1.807, 2.05) is 0 Å². The molecule has 0 radical (unpaired) electrons. The van der Waals surface area contributed by atoms with E-state index >= 15 is 0 Å². The van der Waals surface area contributed by atoms with Crippen molar-refractivity contribution in [2.45, 2.75) is 333 Å². The van der Waals surface area contributed by atoms with E-state index in [2.05, 4.69) is 20.8 Å². The van der Waals surface area contributed by atoms with Crippen molar-refractivity contribution in [3.8, 4) is 0 Å². The molecule has 4 rings (SSSR count). The maximum Gasteiger partial charge on any atom is 0.306 e. The van der Waals surface area contributed by atoms with Gasteiger partial charge < -0.3 is 33.2 Å². The first-order valence-corrected chi connectivity index (χ1v) is 29.0. The zero-order valence-electron chi connectivity index (χ0n) is 43.5. The van der Waals surface area contributed by atoms with Crippen molar-refractivity contribution in [2.75, 3.05) is 13.2 Å². The number of hydrogen-bond donors (Lipinski definition) is 0. The molecule has 0 amide bonds. The molecule has 0 aromatic carbocycles. The van der Waals surface area contributed by atoms with Crippen LogP contribution in [0.4, 0.5) is 0 Å². The molecule has 0 aliphatic carbocycles. The van der Waals surface area contributed by atoms with Crippen LogP contribution in [0.3, 0.4) is 0 Å².